The van der Waals surface area contributed by atoms with Crippen molar-refractivity contribution in [1.29, 1.82) is 0 Å². The number of nitrogens with zero attached hydrogens (tertiary/aromatic N) is 1. The summed E-state index contributed by atoms with van der Waals surface area (Å²) in [7, 11) is 0. The van der Waals surface area contributed by atoms with Gasteiger partial charge in [-0.05, 0) is 31.5 Å². The summed E-state index contributed by atoms with van der Waals surface area (Å²) in [5, 5.41) is 21.0. The predicted octanol–water partition coefficient (Wildman–Crippen LogP) is 4.46. The fourth-order valence-electron chi connectivity index (χ4n) is 1.58. The molecule has 1 atom stereocenters. The normalized spacial score (nSPS) is 12.2. The number of ether oxygens (including phenoxy) is 1. The van der Waals surface area contributed by atoms with Crippen molar-refractivity contribution in [3.8, 4) is 10.8 Å². The maximum absolute atomic E-state index is 11.0. The van der Waals surface area contributed by atoms with Crippen LogP contribution in [0.25, 0.3) is 0 Å². The van der Waals surface area contributed by atoms with Crippen molar-refractivity contribution in [3.63, 3.8) is 0 Å². The zero-order valence-electron chi connectivity index (χ0n) is 10.8. The van der Waals surface area contributed by atoms with E-state index >= 15 is 0 Å². The number of halogens is 1. The van der Waals surface area contributed by atoms with Crippen LogP contribution < -0.4 is 4.74 Å². The van der Waals surface area contributed by atoms with E-state index in [1.54, 1.807) is 18.2 Å². The Labute approximate surface area is 124 Å². The lowest BCUT2D eigenvalue weighted by atomic mass is 10.2. The van der Waals surface area contributed by atoms with Gasteiger partial charge in [0.05, 0.1) is 16.0 Å². The van der Waals surface area contributed by atoms with Crippen LogP contribution in [0, 0.1) is 17.0 Å². The summed E-state index contributed by atoms with van der Waals surface area (Å²) >= 11 is 7.07. The first-order valence-corrected chi connectivity index (χ1v) is 6.98. The lowest BCUT2D eigenvalue weighted by Crippen LogP contribution is -1.90. The molecule has 1 heterocycles. The van der Waals surface area contributed by atoms with Crippen molar-refractivity contribution in [2.24, 2.45) is 0 Å². The Kier molecular flexibility index (Phi) is 4.27. The highest BCUT2D eigenvalue weighted by atomic mass is 35.5. The van der Waals surface area contributed by atoms with Gasteiger partial charge in [0.1, 0.15) is 5.75 Å². The minimum atomic E-state index is -0.787. The third kappa shape index (κ3) is 3.09. The molecule has 5 nitrogen and oxygen atoms in total. The highest BCUT2D eigenvalue weighted by Crippen LogP contribution is 2.43. The second-order valence-electron chi connectivity index (χ2n) is 4.29. The topological polar surface area (TPSA) is 72.6 Å². The third-order valence-electron chi connectivity index (χ3n) is 2.60. The number of nitro groups is 1. The van der Waals surface area contributed by atoms with Crippen LogP contribution >= 0.6 is 22.9 Å². The molecule has 0 bridgehead atoms. The maximum atomic E-state index is 11.0. The quantitative estimate of drug-likeness (QED) is 0.668. The second-order valence-corrected chi connectivity index (χ2v) is 5.74. The van der Waals surface area contributed by atoms with Gasteiger partial charge in [0, 0.05) is 10.9 Å². The van der Waals surface area contributed by atoms with Gasteiger partial charge in [-0.2, -0.15) is 0 Å². The fourth-order valence-corrected chi connectivity index (χ4v) is 2.78. The minimum Gasteiger partial charge on any atom is -0.438 e. The molecular formula is C13H12ClNO4S. The molecule has 0 saturated heterocycles. The van der Waals surface area contributed by atoms with Crippen molar-refractivity contribution >= 4 is 28.6 Å². The Morgan fingerprint density at radius 2 is 2.15 bits per heavy atom. The summed E-state index contributed by atoms with van der Waals surface area (Å²) in [6.07, 6.45) is -0.787. The molecule has 0 fully saturated rings. The summed E-state index contributed by atoms with van der Waals surface area (Å²) in [6.45, 7) is 3.42. The van der Waals surface area contributed by atoms with Crippen LogP contribution in [0.2, 0.25) is 5.02 Å². The van der Waals surface area contributed by atoms with E-state index in [9.17, 15) is 15.2 Å². The average Bonchev–Trinajstić information content (AvgIpc) is 2.77. The molecular weight excluding hydrogens is 302 g/mol. The molecule has 0 aliphatic carbocycles. The standard InChI is InChI=1S/C13H12ClNO4S/c1-7-3-4-11(9(14)5-7)19-13-10(15(17)18)6-12(20-13)8(2)16/h3-6,8,16H,1-2H3/t8-/m1/s1. The molecule has 1 aromatic heterocycles. The zero-order chi connectivity index (χ0) is 14.9. The van der Waals surface area contributed by atoms with E-state index in [0.717, 1.165) is 16.9 Å². The number of aliphatic hydroxyl groups is 1. The van der Waals surface area contributed by atoms with Crippen LogP contribution in [0.1, 0.15) is 23.5 Å². The molecule has 106 valence electrons. The average molecular weight is 314 g/mol. The molecule has 0 unspecified atom stereocenters. The van der Waals surface area contributed by atoms with Crippen molar-refractivity contribution in [2.45, 2.75) is 20.0 Å². The summed E-state index contributed by atoms with van der Waals surface area (Å²) in [5.74, 6) is 0.347. The van der Waals surface area contributed by atoms with E-state index in [1.807, 2.05) is 6.92 Å². The third-order valence-corrected chi connectivity index (χ3v) is 4.07. The first-order chi connectivity index (χ1) is 9.38. The lowest BCUT2D eigenvalue weighted by Gasteiger charge is -2.05. The number of aliphatic hydroxyl groups excluding tert-OH is 1. The molecule has 1 N–H and O–H groups in total. The van der Waals surface area contributed by atoms with E-state index in [-0.39, 0.29) is 10.8 Å². The van der Waals surface area contributed by atoms with Crippen molar-refractivity contribution < 1.29 is 14.8 Å². The van der Waals surface area contributed by atoms with Crippen LogP contribution in [0.15, 0.2) is 24.3 Å². The number of rotatable bonds is 4. The van der Waals surface area contributed by atoms with Gasteiger partial charge in [-0.1, -0.05) is 29.0 Å². The highest BCUT2D eigenvalue weighted by Gasteiger charge is 2.23. The minimum absolute atomic E-state index is 0.108. The number of hydrogen-bond donors (Lipinski definition) is 1. The SMILES string of the molecule is Cc1ccc(Oc2sc([C@@H](C)O)cc2[N+](=O)[O-])c(Cl)c1. The molecule has 2 rings (SSSR count). The van der Waals surface area contributed by atoms with Crippen LogP contribution in [-0.4, -0.2) is 10.0 Å². The first kappa shape index (κ1) is 14.8. The van der Waals surface area contributed by atoms with Crippen LogP contribution in [-0.2, 0) is 0 Å². The van der Waals surface area contributed by atoms with Gasteiger partial charge in [-0.3, -0.25) is 10.1 Å². The first-order valence-electron chi connectivity index (χ1n) is 5.78. The molecule has 0 aliphatic rings. The molecule has 1 aromatic carbocycles. The number of hydrogen-bond acceptors (Lipinski definition) is 5. The fraction of sp³-hybridized carbons (Fsp3) is 0.231. The van der Waals surface area contributed by atoms with Gasteiger partial charge in [-0.25, -0.2) is 0 Å². The van der Waals surface area contributed by atoms with E-state index in [1.165, 1.54) is 13.0 Å². The summed E-state index contributed by atoms with van der Waals surface area (Å²) < 4.78 is 5.52. The van der Waals surface area contributed by atoms with E-state index in [4.69, 9.17) is 16.3 Å². The molecule has 0 aliphatic heterocycles. The van der Waals surface area contributed by atoms with Gasteiger partial charge < -0.3 is 9.84 Å². The Morgan fingerprint density at radius 1 is 1.45 bits per heavy atom. The predicted molar refractivity (Wildman–Crippen MR) is 77.9 cm³/mol. The van der Waals surface area contributed by atoms with Crippen molar-refractivity contribution in [1.82, 2.24) is 0 Å². The second kappa shape index (κ2) is 5.78. The van der Waals surface area contributed by atoms with Crippen molar-refractivity contribution in [3.05, 3.63) is 49.8 Å². The van der Waals surface area contributed by atoms with E-state index < -0.39 is 11.0 Å². The monoisotopic (exact) mass is 313 g/mol. The largest absolute Gasteiger partial charge is 0.438 e. The van der Waals surface area contributed by atoms with Crippen molar-refractivity contribution in [2.75, 3.05) is 0 Å². The van der Waals surface area contributed by atoms with E-state index in [2.05, 4.69) is 0 Å². The molecule has 0 radical (unpaired) electrons. The van der Waals surface area contributed by atoms with Crippen LogP contribution in [0.5, 0.6) is 10.8 Å². The van der Waals surface area contributed by atoms with Gasteiger partial charge in [-0.15, -0.1) is 0 Å². The molecule has 7 heteroatoms. The lowest BCUT2D eigenvalue weighted by molar-refractivity contribution is -0.385. The Morgan fingerprint density at radius 3 is 2.70 bits per heavy atom. The molecule has 0 amide bonds. The number of benzene rings is 1. The number of thiophene rings is 1. The molecule has 2 aromatic rings. The maximum Gasteiger partial charge on any atom is 0.323 e. The molecule has 0 saturated carbocycles. The van der Waals surface area contributed by atoms with Crippen LogP contribution in [0.4, 0.5) is 5.69 Å². The smallest absolute Gasteiger partial charge is 0.323 e. The van der Waals surface area contributed by atoms with Gasteiger partial charge in [0.25, 0.3) is 5.06 Å². The van der Waals surface area contributed by atoms with Crippen LogP contribution in [0.3, 0.4) is 0 Å². The summed E-state index contributed by atoms with van der Waals surface area (Å²) in [4.78, 5) is 10.9. The molecule has 0 spiro atoms. The summed E-state index contributed by atoms with van der Waals surface area (Å²) in [5.41, 5.74) is 0.787. The highest BCUT2D eigenvalue weighted by molar-refractivity contribution is 7.14. The zero-order valence-corrected chi connectivity index (χ0v) is 12.4. The Hall–Kier alpha value is -1.63. The Balaban J connectivity index is 2.39. The molecule has 20 heavy (non-hydrogen) atoms. The van der Waals surface area contributed by atoms with Gasteiger partial charge in [0.15, 0.2) is 0 Å². The number of aryl methyl sites for hydroxylation is 1. The van der Waals surface area contributed by atoms with E-state index in [0.29, 0.717) is 15.6 Å². The van der Waals surface area contributed by atoms with Gasteiger partial charge >= 0.3 is 5.69 Å². The Bertz CT molecular complexity index is 654. The van der Waals surface area contributed by atoms with Gasteiger partial charge in [0.2, 0.25) is 0 Å². The summed E-state index contributed by atoms with van der Waals surface area (Å²) in [6, 6.07) is 6.48.